The van der Waals surface area contributed by atoms with Crippen molar-refractivity contribution in [3.8, 4) is 11.4 Å². The van der Waals surface area contributed by atoms with E-state index in [2.05, 4.69) is 52.3 Å². The minimum atomic E-state index is 0.662. The molecule has 2 aromatic carbocycles. The number of anilines is 1. The molecule has 0 bridgehead atoms. The molecule has 2 heterocycles. The van der Waals surface area contributed by atoms with Crippen molar-refractivity contribution in [3.05, 3.63) is 65.5 Å². The molecular formula is C18H17N3O. The van der Waals surface area contributed by atoms with Gasteiger partial charge in [-0.15, -0.1) is 0 Å². The fraction of sp³-hybridized carbons (Fsp3) is 0.222. The molecule has 0 saturated heterocycles. The van der Waals surface area contributed by atoms with Gasteiger partial charge in [0.15, 0.2) is 0 Å². The van der Waals surface area contributed by atoms with Gasteiger partial charge in [0.1, 0.15) is 0 Å². The third kappa shape index (κ3) is 2.26. The Kier molecular flexibility index (Phi) is 3.15. The summed E-state index contributed by atoms with van der Waals surface area (Å²) in [6.07, 6.45) is 1.08. The highest BCUT2D eigenvalue weighted by Crippen LogP contribution is 2.29. The third-order valence-electron chi connectivity index (χ3n) is 4.16. The second-order valence-electron chi connectivity index (χ2n) is 5.63. The number of hydrogen-bond donors (Lipinski definition) is 0. The largest absolute Gasteiger partial charge is 0.362 e. The minimum absolute atomic E-state index is 0.662. The van der Waals surface area contributed by atoms with Crippen molar-refractivity contribution in [1.29, 1.82) is 0 Å². The van der Waals surface area contributed by atoms with Crippen LogP contribution >= 0.6 is 0 Å². The van der Waals surface area contributed by atoms with E-state index >= 15 is 0 Å². The molecule has 4 heteroatoms. The molecule has 0 radical (unpaired) electrons. The van der Waals surface area contributed by atoms with Gasteiger partial charge >= 0.3 is 0 Å². The van der Waals surface area contributed by atoms with Crippen LogP contribution in [0.3, 0.4) is 0 Å². The molecule has 0 atom stereocenters. The smallest absolute Gasteiger partial charge is 0.246 e. The molecule has 3 aromatic rings. The number of benzene rings is 2. The maximum atomic E-state index is 5.45. The molecule has 0 spiro atoms. The number of aryl methyl sites for hydroxylation is 1. The van der Waals surface area contributed by atoms with Crippen LogP contribution in [0.25, 0.3) is 11.4 Å². The maximum Gasteiger partial charge on any atom is 0.246 e. The molecule has 4 rings (SSSR count). The molecule has 1 aliphatic heterocycles. The van der Waals surface area contributed by atoms with Crippen LogP contribution in [0, 0.1) is 6.92 Å². The Bertz CT molecular complexity index is 809. The van der Waals surface area contributed by atoms with E-state index in [1.807, 2.05) is 18.2 Å². The molecule has 110 valence electrons. The fourth-order valence-electron chi connectivity index (χ4n) is 2.99. The van der Waals surface area contributed by atoms with Gasteiger partial charge in [-0.05, 0) is 30.5 Å². The van der Waals surface area contributed by atoms with E-state index in [-0.39, 0.29) is 0 Å². The van der Waals surface area contributed by atoms with Crippen molar-refractivity contribution in [1.82, 2.24) is 10.1 Å². The average Bonchev–Trinajstić information content (AvgIpc) is 3.16. The molecule has 0 unspecified atom stereocenters. The molecular weight excluding hydrogens is 274 g/mol. The van der Waals surface area contributed by atoms with E-state index in [1.165, 1.54) is 11.3 Å². The van der Waals surface area contributed by atoms with Crippen molar-refractivity contribution in [2.24, 2.45) is 0 Å². The lowest BCUT2D eigenvalue weighted by atomic mass is 10.1. The Morgan fingerprint density at radius 2 is 1.91 bits per heavy atom. The molecule has 4 nitrogen and oxygen atoms in total. The maximum absolute atomic E-state index is 5.45. The molecule has 1 aliphatic rings. The van der Waals surface area contributed by atoms with Crippen LogP contribution in [0.15, 0.2) is 53.1 Å². The Morgan fingerprint density at radius 3 is 2.82 bits per heavy atom. The number of para-hydroxylation sites is 1. The number of rotatable bonds is 3. The summed E-state index contributed by atoms with van der Waals surface area (Å²) in [5.41, 5.74) is 4.85. The third-order valence-corrected chi connectivity index (χ3v) is 4.16. The summed E-state index contributed by atoms with van der Waals surface area (Å²) >= 11 is 0. The monoisotopic (exact) mass is 291 g/mol. The van der Waals surface area contributed by atoms with Crippen LogP contribution in [0.1, 0.15) is 17.0 Å². The summed E-state index contributed by atoms with van der Waals surface area (Å²) in [4.78, 5) is 6.85. The normalized spacial score (nSPS) is 13.4. The lowest BCUT2D eigenvalue weighted by molar-refractivity contribution is 0.377. The summed E-state index contributed by atoms with van der Waals surface area (Å²) in [6.45, 7) is 3.72. The van der Waals surface area contributed by atoms with Crippen LogP contribution in [0.2, 0.25) is 0 Å². The molecule has 0 aliphatic carbocycles. The first-order valence-corrected chi connectivity index (χ1v) is 7.53. The van der Waals surface area contributed by atoms with E-state index in [9.17, 15) is 0 Å². The molecule has 0 saturated carbocycles. The zero-order chi connectivity index (χ0) is 14.9. The van der Waals surface area contributed by atoms with E-state index in [4.69, 9.17) is 4.52 Å². The van der Waals surface area contributed by atoms with Gasteiger partial charge in [0.25, 0.3) is 0 Å². The van der Waals surface area contributed by atoms with E-state index in [0.717, 1.165) is 24.1 Å². The highest BCUT2D eigenvalue weighted by Gasteiger charge is 2.21. The topological polar surface area (TPSA) is 42.2 Å². The first kappa shape index (κ1) is 13.1. The van der Waals surface area contributed by atoms with Crippen molar-refractivity contribution in [2.75, 3.05) is 11.4 Å². The summed E-state index contributed by atoms with van der Waals surface area (Å²) in [7, 11) is 0. The van der Waals surface area contributed by atoms with E-state index in [0.29, 0.717) is 18.3 Å². The van der Waals surface area contributed by atoms with Gasteiger partial charge in [-0.2, -0.15) is 4.98 Å². The molecule has 1 aromatic heterocycles. The first-order valence-electron chi connectivity index (χ1n) is 7.53. The number of fused-ring (bicyclic) bond motifs is 1. The van der Waals surface area contributed by atoms with E-state index < -0.39 is 0 Å². The van der Waals surface area contributed by atoms with Crippen LogP contribution < -0.4 is 4.90 Å². The predicted octanol–water partition coefficient (Wildman–Crippen LogP) is 3.61. The van der Waals surface area contributed by atoms with E-state index in [1.54, 1.807) is 0 Å². The van der Waals surface area contributed by atoms with Gasteiger partial charge in [0.2, 0.25) is 11.7 Å². The Hall–Kier alpha value is -2.62. The standard InChI is InChI=1S/C18H17N3O/c1-13-6-2-4-8-15(13)18-19-17(22-20-18)12-21-11-10-14-7-3-5-9-16(14)21/h2-9H,10-12H2,1H3. The summed E-state index contributed by atoms with van der Waals surface area (Å²) < 4.78 is 5.45. The summed E-state index contributed by atoms with van der Waals surface area (Å²) in [5, 5.41) is 4.13. The number of nitrogens with zero attached hydrogens (tertiary/aromatic N) is 3. The molecule has 0 N–H and O–H groups in total. The SMILES string of the molecule is Cc1ccccc1-c1noc(CN2CCc3ccccc32)n1. The van der Waals surface area contributed by atoms with Crippen LogP contribution in [0.4, 0.5) is 5.69 Å². The van der Waals surface area contributed by atoms with Gasteiger partial charge in [0, 0.05) is 17.8 Å². The fourth-order valence-corrected chi connectivity index (χ4v) is 2.99. The Balaban J connectivity index is 1.58. The predicted molar refractivity (Wildman–Crippen MR) is 85.7 cm³/mol. The Morgan fingerprint density at radius 1 is 1.09 bits per heavy atom. The zero-order valence-electron chi connectivity index (χ0n) is 12.5. The lowest BCUT2D eigenvalue weighted by Crippen LogP contribution is -2.19. The van der Waals surface area contributed by atoms with Crippen molar-refractivity contribution in [3.63, 3.8) is 0 Å². The molecule has 22 heavy (non-hydrogen) atoms. The van der Waals surface area contributed by atoms with Crippen LogP contribution in [0.5, 0.6) is 0 Å². The number of hydrogen-bond acceptors (Lipinski definition) is 4. The summed E-state index contributed by atoms with van der Waals surface area (Å²) in [6, 6.07) is 16.6. The van der Waals surface area contributed by atoms with Gasteiger partial charge in [0.05, 0.1) is 6.54 Å². The molecule has 0 amide bonds. The Labute approximate surface area is 129 Å². The highest BCUT2D eigenvalue weighted by molar-refractivity contribution is 5.60. The van der Waals surface area contributed by atoms with Crippen molar-refractivity contribution >= 4 is 5.69 Å². The number of aromatic nitrogens is 2. The van der Waals surface area contributed by atoms with Gasteiger partial charge in [-0.1, -0.05) is 47.6 Å². The van der Waals surface area contributed by atoms with Gasteiger partial charge < -0.3 is 9.42 Å². The van der Waals surface area contributed by atoms with Crippen LogP contribution in [-0.4, -0.2) is 16.7 Å². The quantitative estimate of drug-likeness (QED) is 0.739. The first-order chi connectivity index (χ1) is 10.8. The van der Waals surface area contributed by atoms with Gasteiger partial charge in [-0.3, -0.25) is 0 Å². The van der Waals surface area contributed by atoms with Crippen LogP contribution in [-0.2, 0) is 13.0 Å². The van der Waals surface area contributed by atoms with Crippen molar-refractivity contribution < 1.29 is 4.52 Å². The minimum Gasteiger partial charge on any atom is -0.362 e. The highest BCUT2D eigenvalue weighted by atomic mass is 16.5. The average molecular weight is 291 g/mol. The zero-order valence-corrected chi connectivity index (χ0v) is 12.5. The second-order valence-corrected chi connectivity index (χ2v) is 5.63. The van der Waals surface area contributed by atoms with Gasteiger partial charge in [-0.25, -0.2) is 0 Å². The van der Waals surface area contributed by atoms with Crippen molar-refractivity contribution in [2.45, 2.75) is 19.9 Å². The summed E-state index contributed by atoms with van der Waals surface area (Å²) in [5.74, 6) is 1.33. The molecule has 0 fully saturated rings. The lowest BCUT2D eigenvalue weighted by Gasteiger charge is -2.16. The second kappa shape index (κ2) is 5.30.